The van der Waals surface area contributed by atoms with Gasteiger partial charge in [0.05, 0.1) is 5.92 Å². The van der Waals surface area contributed by atoms with E-state index in [9.17, 15) is 9.59 Å². The number of nitrogens with two attached hydrogens (primary N) is 2. The number of nitrogen functional groups attached to an aromatic ring is 1. The molecule has 0 spiro atoms. The van der Waals surface area contributed by atoms with E-state index < -0.39 is 0 Å². The zero-order valence-corrected chi connectivity index (χ0v) is 11.1. The van der Waals surface area contributed by atoms with Crippen LogP contribution in [0.15, 0.2) is 18.2 Å². The molecular weight excluding hydrogens is 242 g/mol. The monoisotopic (exact) mass is 261 g/mol. The van der Waals surface area contributed by atoms with Gasteiger partial charge in [-0.3, -0.25) is 9.59 Å². The van der Waals surface area contributed by atoms with E-state index in [0.29, 0.717) is 24.3 Å². The Labute approximate surface area is 112 Å². The number of amides is 2. The van der Waals surface area contributed by atoms with Crippen LogP contribution in [0.4, 0.5) is 5.69 Å². The van der Waals surface area contributed by atoms with Crippen LogP contribution in [0.5, 0.6) is 0 Å². The predicted octanol–water partition coefficient (Wildman–Crippen LogP) is 0.915. The van der Waals surface area contributed by atoms with Crippen LogP contribution >= 0.6 is 0 Å². The average molecular weight is 261 g/mol. The average Bonchev–Trinajstić information content (AvgIpc) is 2.41. The summed E-state index contributed by atoms with van der Waals surface area (Å²) in [6.07, 6.45) is 1.58. The number of hydrogen-bond acceptors (Lipinski definition) is 3. The highest BCUT2D eigenvalue weighted by molar-refractivity contribution is 5.95. The van der Waals surface area contributed by atoms with Gasteiger partial charge in [0.15, 0.2) is 0 Å². The molecule has 0 saturated carbocycles. The second kappa shape index (κ2) is 5.30. The summed E-state index contributed by atoms with van der Waals surface area (Å²) in [7, 11) is 0. The Morgan fingerprint density at radius 1 is 1.37 bits per heavy atom. The smallest absolute Gasteiger partial charge is 0.253 e. The fourth-order valence-electron chi connectivity index (χ4n) is 2.39. The minimum atomic E-state index is -0.328. The Balaban J connectivity index is 2.14. The summed E-state index contributed by atoms with van der Waals surface area (Å²) < 4.78 is 0. The molecule has 1 heterocycles. The molecule has 1 aromatic carbocycles. The van der Waals surface area contributed by atoms with Crippen molar-refractivity contribution in [2.75, 3.05) is 18.8 Å². The van der Waals surface area contributed by atoms with E-state index in [-0.39, 0.29) is 17.7 Å². The second-order valence-electron chi connectivity index (χ2n) is 5.06. The summed E-state index contributed by atoms with van der Waals surface area (Å²) in [6, 6.07) is 5.24. The zero-order valence-electron chi connectivity index (χ0n) is 11.1. The minimum absolute atomic E-state index is 0.0611. The summed E-state index contributed by atoms with van der Waals surface area (Å²) in [5.74, 6) is -0.618. The lowest BCUT2D eigenvalue weighted by Crippen LogP contribution is -2.44. The van der Waals surface area contributed by atoms with Gasteiger partial charge >= 0.3 is 0 Å². The molecule has 2 amide bonds. The lowest BCUT2D eigenvalue weighted by molar-refractivity contribution is -0.123. The van der Waals surface area contributed by atoms with Gasteiger partial charge in [-0.1, -0.05) is 0 Å². The molecule has 5 nitrogen and oxygen atoms in total. The van der Waals surface area contributed by atoms with Gasteiger partial charge in [0, 0.05) is 24.3 Å². The molecule has 1 aliphatic rings. The van der Waals surface area contributed by atoms with Crippen molar-refractivity contribution in [1.82, 2.24) is 4.90 Å². The van der Waals surface area contributed by atoms with E-state index in [4.69, 9.17) is 11.5 Å². The Morgan fingerprint density at radius 2 is 2.11 bits per heavy atom. The third-order valence-electron chi connectivity index (χ3n) is 3.63. The SMILES string of the molecule is Cc1cc(C(=O)N2CCCC(C(N)=O)C2)ccc1N. The van der Waals surface area contributed by atoms with E-state index in [0.717, 1.165) is 18.4 Å². The number of piperidine rings is 1. The number of carbonyl (C=O) groups excluding carboxylic acids is 2. The van der Waals surface area contributed by atoms with Gasteiger partial charge in [-0.2, -0.15) is 0 Å². The second-order valence-corrected chi connectivity index (χ2v) is 5.06. The van der Waals surface area contributed by atoms with Crippen molar-refractivity contribution in [2.45, 2.75) is 19.8 Å². The Kier molecular flexibility index (Phi) is 3.74. The molecule has 1 unspecified atom stereocenters. The van der Waals surface area contributed by atoms with Gasteiger partial charge in [-0.25, -0.2) is 0 Å². The van der Waals surface area contributed by atoms with Gasteiger partial charge in [0.2, 0.25) is 5.91 Å². The molecule has 19 heavy (non-hydrogen) atoms. The topological polar surface area (TPSA) is 89.4 Å². The molecule has 0 aliphatic carbocycles. The van der Waals surface area contributed by atoms with Crippen molar-refractivity contribution >= 4 is 17.5 Å². The van der Waals surface area contributed by atoms with Crippen molar-refractivity contribution < 1.29 is 9.59 Å². The summed E-state index contributed by atoms with van der Waals surface area (Å²) in [5.41, 5.74) is 13.2. The first kappa shape index (κ1) is 13.4. The zero-order chi connectivity index (χ0) is 14.0. The van der Waals surface area contributed by atoms with Gasteiger partial charge in [0.1, 0.15) is 0 Å². The number of primary amides is 1. The Hall–Kier alpha value is -2.04. The molecule has 2 rings (SSSR count). The van der Waals surface area contributed by atoms with Crippen LogP contribution in [0, 0.1) is 12.8 Å². The highest BCUT2D eigenvalue weighted by Crippen LogP contribution is 2.20. The number of hydrogen-bond donors (Lipinski definition) is 2. The molecule has 0 bridgehead atoms. The predicted molar refractivity (Wildman–Crippen MR) is 73.4 cm³/mol. The van der Waals surface area contributed by atoms with Crippen molar-refractivity contribution in [2.24, 2.45) is 11.7 Å². The van der Waals surface area contributed by atoms with Crippen LogP contribution in [0.25, 0.3) is 0 Å². The molecule has 0 aromatic heterocycles. The van der Waals surface area contributed by atoms with Crippen LogP contribution in [0.2, 0.25) is 0 Å². The molecule has 5 heteroatoms. The van der Waals surface area contributed by atoms with E-state index in [2.05, 4.69) is 0 Å². The molecular formula is C14H19N3O2. The highest BCUT2D eigenvalue weighted by atomic mass is 16.2. The molecule has 0 radical (unpaired) electrons. The largest absolute Gasteiger partial charge is 0.399 e. The van der Waals surface area contributed by atoms with Crippen molar-refractivity contribution in [3.63, 3.8) is 0 Å². The van der Waals surface area contributed by atoms with Crippen LogP contribution in [0.3, 0.4) is 0 Å². The maximum absolute atomic E-state index is 12.4. The van der Waals surface area contributed by atoms with Crippen molar-refractivity contribution in [3.05, 3.63) is 29.3 Å². The number of rotatable bonds is 2. The molecule has 1 saturated heterocycles. The lowest BCUT2D eigenvalue weighted by Gasteiger charge is -2.31. The first-order valence-electron chi connectivity index (χ1n) is 6.43. The number of likely N-dealkylation sites (tertiary alicyclic amines) is 1. The van der Waals surface area contributed by atoms with Crippen molar-refractivity contribution in [1.29, 1.82) is 0 Å². The van der Waals surface area contributed by atoms with Gasteiger partial charge < -0.3 is 16.4 Å². The van der Waals surface area contributed by atoms with Crippen LogP contribution in [-0.4, -0.2) is 29.8 Å². The molecule has 4 N–H and O–H groups in total. The van der Waals surface area contributed by atoms with Crippen LogP contribution < -0.4 is 11.5 Å². The summed E-state index contributed by atoms with van der Waals surface area (Å²) in [5, 5.41) is 0. The number of anilines is 1. The summed E-state index contributed by atoms with van der Waals surface area (Å²) >= 11 is 0. The number of benzene rings is 1. The van der Waals surface area contributed by atoms with Crippen LogP contribution in [0.1, 0.15) is 28.8 Å². The normalized spacial score (nSPS) is 19.2. The Bertz CT molecular complexity index is 513. The molecule has 1 aliphatic heterocycles. The van der Waals surface area contributed by atoms with Gasteiger partial charge in [0.25, 0.3) is 5.91 Å². The number of aryl methyl sites for hydroxylation is 1. The minimum Gasteiger partial charge on any atom is -0.399 e. The van der Waals surface area contributed by atoms with E-state index >= 15 is 0 Å². The maximum atomic E-state index is 12.4. The first-order valence-corrected chi connectivity index (χ1v) is 6.43. The number of nitrogens with zero attached hydrogens (tertiary/aromatic N) is 1. The standard InChI is InChI=1S/C14H19N3O2/c1-9-7-10(4-5-12(9)15)14(19)17-6-2-3-11(8-17)13(16)18/h4-5,7,11H,2-3,6,8,15H2,1H3,(H2,16,18). The van der Waals surface area contributed by atoms with E-state index in [1.54, 1.807) is 23.1 Å². The molecule has 1 fully saturated rings. The molecule has 1 aromatic rings. The maximum Gasteiger partial charge on any atom is 0.253 e. The first-order chi connectivity index (χ1) is 8.99. The molecule has 1 atom stereocenters. The van der Waals surface area contributed by atoms with E-state index in [1.807, 2.05) is 6.92 Å². The van der Waals surface area contributed by atoms with Crippen molar-refractivity contribution in [3.8, 4) is 0 Å². The van der Waals surface area contributed by atoms with Gasteiger partial charge in [-0.05, 0) is 43.5 Å². The Morgan fingerprint density at radius 3 is 2.74 bits per heavy atom. The summed E-state index contributed by atoms with van der Waals surface area (Å²) in [6.45, 7) is 2.96. The lowest BCUT2D eigenvalue weighted by atomic mass is 9.96. The fraction of sp³-hybridized carbons (Fsp3) is 0.429. The quantitative estimate of drug-likeness (QED) is 0.775. The third kappa shape index (κ3) is 2.86. The highest BCUT2D eigenvalue weighted by Gasteiger charge is 2.27. The van der Waals surface area contributed by atoms with Gasteiger partial charge in [-0.15, -0.1) is 0 Å². The fourth-order valence-corrected chi connectivity index (χ4v) is 2.39. The van der Waals surface area contributed by atoms with E-state index in [1.165, 1.54) is 0 Å². The van der Waals surface area contributed by atoms with Crippen LogP contribution in [-0.2, 0) is 4.79 Å². The molecule has 102 valence electrons. The summed E-state index contributed by atoms with van der Waals surface area (Å²) in [4.78, 5) is 25.3. The number of carbonyl (C=O) groups is 2. The third-order valence-corrected chi connectivity index (χ3v) is 3.63.